The van der Waals surface area contributed by atoms with Crippen molar-refractivity contribution in [2.45, 2.75) is 44.7 Å². The highest BCUT2D eigenvalue weighted by Crippen LogP contribution is 2.23. The minimum Gasteiger partial charge on any atom is -0.329 e. The van der Waals surface area contributed by atoms with Crippen LogP contribution in [0.4, 0.5) is 0 Å². The number of rotatable bonds is 7. The predicted molar refractivity (Wildman–Crippen MR) is 90.5 cm³/mol. The highest BCUT2D eigenvalue weighted by Gasteiger charge is 2.32. The third kappa shape index (κ3) is 4.06. The quantitative estimate of drug-likeness (QED) is 0.836. The molecule has 1 aromatic carbocycles. The van der Waals surface area contributed by atoms with Crippen LogP contribution in [0, 0.1) is 0 Å². The van der Waals surface area contributed by atoms with Gasteiger partial charge in [0.05, 0.1) is 0 Å². The number of likely N-dealkylation sites (tertiary alicyclic amines) is 1. The molecule has 1 fully saturated rings. The maximum absolute atomic E-state index is 6.14. The maximum atomic E-state index is 6.14. The van der Waals surface area contributed by atoms with E-state index in [2.05, 4.69) is 61.0 Å². The lowest BCUT2D eigenvalue weighted by atomic mass is 9.90. The van der Waals surface area contributed by atoms with Gasteiger partial charge in [0.15, 0.2) is 0 Å². The summed E-state index contributed by atoms with van der Waals surface area (Å²) < 4.78 is 0. The van der Waals surface area contributed by atoms with Gasteiger partial charge in [-0.25, -0.2) is 0 Å². The Balaban J connectivity index is 2.01. The Kier molecular flexibility index (Phi) is 5.80. The Morgan fingerprint density at radius 3 is 2.67 bits per heavy atom. The van der Waals surface area contributed by atoms with Crippen LogP contribution in [0.15, 0.2) is 30.3 Å². The van der Waals surface area contributed by atoms with E-state index in [9.17, 15) is 0 Å². The van der Waals surface area contributed by atoms with Crippen LogP contribution in [0.5, 0.6) is 0 Å². The molecular weight excluding hydrogens is 258 g/mol. The van der Waals surface area contributed by atoms with E-state index in [1.807, 2.05) is 0 Å². The highest BCUT2D eigenvalue weighted by molar-refractivity contribution is 5.18. The van der Waals surface area contributed by atoms with Crippen molar-refractivity contribution >= 4 is 0 Å². The second-order valence-electron chi connectivity index (χ2n) is 6.67. The fraction of sp³-hybridized carbons (Fsp3) is 0.667. The van der Waals surface area contributed by atoms with Gasteiger partial charge < -0.3 is 5.73 Å². The molecule has 0 spiro atoms. The summed E-state index contributed by atoms with van der Waals surface area (Å²) in [5.74, 6) is 0. The van der Waals surface area contributed by atoms with E-state index in [1.54, 1.807) is 0 Å². The molecule has 2 atom stereocenters. The Labute approximate surface area is 130 Å². The highest BCUT2D eigenvalue weighted by atomic mass is 15.3. The number of hydrogen-bond acceptors (Lipinski definition) is 3. The Bertz CT molecular complexity index is 420. The minimum absolute atomic E-state index is 0.0311. The molecule has 118 valence electrons. The van der Waals surface area contributed by atoms with Gasteiger partial charge in [0.2, 0.25) is 0 Å². The molecule has 0 saturated carbocycles. The molecule has 0 radical (unpaired) electrons. The third-order valence-corrected chi connectivity index (χ3v) is 5.18. The van der Waals surface area contributed by atoms with Crippen molar-refractivity contribution in [3.05, 3.63) is 35.9 Å². The monoisotopic (exact) mass is 289 g/mol. The van der Waals surface area contributed by atoms with Crippen molar-refractivity contribution in [1.29, 1.82) is 0 Å². The minimum atomic E-state index is 0.0311. The van der Waals surface area contributed by atoms with Crippen LogP contribution in [0.1, 0.15) is 32.3 Å². The molecule has 2 unspecified atom stereocenters. The molecular formula is C18H31N3. The standard InChI is InChI=1S/C18H31N3/c1-4-21-12-8-11-17(21)14-20(3)18(2,15-19)13-16-9-6-5-7-10-16/h5-7,9-10,17H,4,8,11-15,19H2,1-3H3. The SMILES string of the molecule is CCN1CCCC1CN(C)C(C)(CN)Cc1ccccc1. The van der Waals surface area contributed by atoms with Gasteiger partial charge in [0.1, 0.15) is 0 Å². The largest absolute Gasteiger partial charge is 0.329 e. The molecule has 2 rings (SSSR count). The first-order valence-electron chi connectivity index (χ1n) is 8.28. The number of benzene rings is 1. The van der Waals surface area contributed by atoms with Gasteiger partial charge in [-0.15, -0.1) is 0 Å². The van der Waals surface area contributed by atoms with E-state index in [-0.39, 0.29) is 5.54 Å². The van der Waals surface area contributed by atoms with Crippen LogP contribution < -0.4 is 5.73 Å². The predicted octanol–water partition coefficient (Wildman–Crippen LogP) is 2.36. The molecule has 21 heavy (non-hydrogen) atoms. The summed E-state index contributed by atoms with van der Waals surface area (Å²) in [5, 5.41) is 0. The van der Waals surface area contributed by atoms with E-state index in [0.717, 1.165) is 19.5 Å². The van der Waals surface area contributed by atoms with E-state index in [1.165, 1.54) is 24.9 Å². The lowest BCUT2D eigenvalue weighted by molar-refractivity contribution is 0.104. The summed E-state index contributed by atoms with van der Waals surface area (Å²) in [5.41, 5.74) is 7.54. The number of hydrogen-bond donors (Lipinski definition) is 1. The van der Waals surface area contributed by atoms with Crippen LogP contribution >= 0.6 is 0 Å². The first kappa shape index (κ1) is 16.5. The summed E-state index contributed by atoms with van der Waals surface area (Å²) >= 11 is 0. The first-order chi connectivity index (χ1) is 10.1. The summed E-state index contributed by atoms with van der Waals surface area (Å²) in [7, 11) is 2.24. The molecule has 0 aromatic heterocycles. The van der Waals surface area contributed by atoms with Gasteiger partial charge in [-0.3, -0.25) is 9.80 Å². The van der Waals surface area contributed by atoms with Crippen molar-refractivity contribution in [3.8, 4) is 0 Å². The number of nitrogens with zero attached hydrogens (tertiary/aromatic N) is 2. The van der Waals surface area contributed by atoms with Crippen molar-refractivity contribution < 1.29 is 0 Å². The second kappa shape index (κ2) is 7.39. The molecule has 1 aromatic rings. The van der Waals surface area contributed by atoms with Crippen molar-refractivity contribution in [2.24, 2.45) is 5.73 Å². The van der Waals surface area contributed by atoms with E-state index < -0.39 is 0 Å². The molecule has 0 bridgehead atoms. The maximum Gasteiger partial charge on any atom is 0.0341 e. The molecule has 3 heteroatoms. The second-order valence-corrected chi connectivity index (χ2v) is 6.67. The Morgan fingerprint density at radius 1 is 1.33 bits per heavy atom. The zero-order chi connectivity index (χ0) is 15.3. The summed E-state index contributed by atoms with van der Waals surface area (Å²) in [6.07, 6.45) is 3.67. The third-order valence-electron chi connectivity index (χ3n) is 5.18. The van der Waals surface area contributed by atoms with Crippen molar-refractivity contribution in [1.82, 2.24) is 9.80 Å². The van der Waals surface area contributed by atoms with Crippen molar-refractivity contribution in [3.63, 3.8) is 0 Å². The fourth-order valence-corrected chi connectivity index (χ4v) is 3.45. The van der Waals surface area contributed by atoms with Crippen LogP contribution in [0.2, 0.25) is 0 Å². The van der Waals surface area contributed by atoms with Gasteiger partial charge in [-0.1, -0.05) is 37.3 Å². The average molecular weight is 289 g/mol. The molecule has 3 nitrogen and oxygen atoms in total. The lowest BCUT2D eigenvalue weighted by Gasteiger charge is -2.41. The zero-order valence-electron chi connectivity index (χ0n) is 13.9. The lowest BCUT2D eigenvalue weighted by Crippen LogP contribution is -2.54. The molecule has 1 aliphatic heterocycles. The van der Waals surface area contributed by atoms with Gasteiger partial charge in [-0.05, 0) is 51.9 Å². The summed E-state index contributed by atoms with van der Waals surface area (Å²) in [4.78, 5) is 5.09. The van der Waals surface area contributed by atoms with Crippen LogP contribution in [-0.4, -0.2) is 54.6 Å². The molecule has 1 heterocycles. The van der Waals surface area contributed by atoms with Crippen LogP contribution in [0.25, 0.3) is 0 Å². The van der Waals surface area contributed by atoms with E-state index in [4.69, 9.17) is 5.73 Å². The molecule has 1 saturated heterocycles. The van der Waals surface area contributed by atoms with E-state index in [0.29, 0.717) is 12.6 Å². The van der Waals surface area contributed by atoms with Gasteiger partial charge >= 0.3 is 0 Å². The van der Waals surface area contributed by atoms with Gasteiger partial charge in [0.25, 0.3) is 0 Å². The Morgan fingerprint density at radius 2 is 2.05 bits per heavy atom. The molecule has 0 aliphatic carbocycles. The van der Waals surface area contributed by atoms with Crippen molar-refractivity contribution in [2.75, 3.05) is 33.2 Å². The average Bonchev–Trinajstić information content (AvgIpc) is 2.95. The zero-order valence-corrected chi connectivity index (χ0v) is 13.9. The smallest absolute Gasteiger partial charge is 0.0341 e. The number of nitrogens with two attached hydrogens (primary N) is 1. The summed E-state index contributed by atoms with van der Waals surface area (Å²) in [6, 6.07) is 11.4. The number of likely N-dealkylation sites (N-methyl/N-ethyl adjacent to an activating group) is 2. The van der Waals surface area contributed by atoms with Gasteiger partial charge in [0, 0.05) is 24.7 Å². The normalized spacial score (nSPS) is 22.6. The molecule has 1 aliphatic rings. The van der Waals surface area contributed by atoms with Gasteiger partial charge in [-0.2, -0.15) is 0 Å². The summed E-state index contributed by atoms with van der Waals surface area (Å²) in [6.45, 7) is 8.80. The topological polar surface area (TPSA) is 32.5 Å². The van der Waals surface area contributed by atoms with Crippen LogP contribution in [0.3, 0.4) is 0 Å². The molecule has 2 N–H and O–H groups in total. The van der Waals surface area contributed by atoms with Crippen LogP contribution in [-0.2, 0) is 6.42 Å². The fourth-order valence-electron chi connectivity index (χ4n) is 3.45. The van der Waals surface area contributed by atoms with E-state index >= 15 is 0 Å². The Hall–Kier alpha value is -0.900. The first-order valence-corrected chi connectivity index (χ1v) is 8.28. The molecule has 0 amide bonds.